The Labute approximate surface area is 116 Å². The summed E-state index contributed by atoms with van der Waals surface area (Å²) in [4.78, 5) is 0. The second-order valence-electron chi connectivity index (χ2n) is 4.78. The van der Waals surface area contributed by atoms with Gasteiger partial charge in [-0.05, 0) is 59.8 Å². The van der Waals surface area contributed by atoms with E-state index in [0.29, 0.717) is 10.4 Å². The first-order valence-electron chi connectivity index (χ1n) is 6.41. The first-order chi connectivity index (χ1) is 8.72. The van der Waals surface area contributed by atoms with E-state index < -0.39 is 0 Å². The van der Waals surface area contributed by atoms with Crippen molar-refractivity contribution >= 4 is 15.9 Å². The van der Waals surface area contributed by atoms with Crippen LogP contribution in [-0.2, 0) is 4.74 Å². The number of rotatable bonds is 4. The molecule has 100 valence electrons. The molecule has 0 aliphatic carbocycles. The minimum absolute atomic E-state index is 0.193. The molecule has 1 N–H and O–H groups in total. The van der Waals surface area contributed by atoms with Gasteiger partial charge in [0, 0.05) is 19.3 Å². The molecule has 1 aliphatic heterocycles. The van der Waals surface area contributed by atoms with Gasteiger partial charge in [-0.1, -0.05) is 12.1 Å². The van der Waals surface area contributed by atoms with Crippen molar-refractivity contribution in [3.63, 3.8) is 0 Å². The van der Waals surface area contributed by atoms with Crippen molar-refractivity contribution in [2.75, 3.05) is 20.3 Å². The molecule has 1 atom stereocenters. The third-order valence-electron chi connectivity index (χ3n) is 3.62. The summed E-state index contributed by atoms with van der Waals surface area (Å²) >= 11 is 3.35. The van der Waals surface area contributed by atoms with Gasteiger partial charge >= 0.3 is 0 Å². The Bertz CT molecular complexity index is 393. The third kappa shape index (κ3) is 3.31. The topological polar surface area (TPSA) is 21.3 Å². The van der Waals surface area contributed by atoms with E-state index in [1.54, 1.807) is 6.07 Å². The predicted molar refractivity (Wildman–Crippen MR) is 74.1 cm³/mol. The van der Waals surface area contributed by atoms with Crippen molar-refractivity contribution < 1.29 is 9.13 Å². The Morgan fingerprint density at radius 2 is 2.17 bits per heavy atom. The number of halogens is 2. The minimum Gasteiger partial charge on any atom is -0.381 e. The lowest BCUT2D eigenvalue weighted by Crippen LogP contribution is -2.24. The maximum absolute atomic E-state index is 13.6. The van der Waals surface area contributed by atoms with Gasteiger partial charge in [-0.2, -0.15) is 0 Å². The summed E-state index contributed by atoms with van der Waals surface area (Å²) in [6.07, 6.45) is 3.23. The number of nitrogens with one attached hydrogen (secondary N) is 1. The monoisotopic (exact) mass is 315 g/mol. The molecule has 0 spiro atoms. The Morgan fingerprint density at radius 3 is 2.83 bits per heavy atom. The van der Waals surface area contributed by atoms with Crippen LogP contribution < -0.4 is 5.32 Å². The number of benzene rings is 1. The highest BCUT2D eigenvalue weighted by atomic mass is 79.9. The van der Waals surface area contributed by atoms with Gasteiger partial charge in [0.15, 0.2) is 0 Å². The summed E-state index contributed by atoms with van der Waals surface area (Å²) in [6, 6.07) is 5.42. The van der Waals surface area contributed by atoms with Gasteiger partial charge in [-0.15, -0.1) is 0 Å². The SMILES string of the molecule is CNC(CC1CCOCC1)c1cccc(F)c1Br. The van der Waals surface area contributed by atoms with Crippen molar-refractivity contribution in [2.24, 2.45) is 5.92 Å². The molecular weight excluding hydrogens is 297 g/mol. The Balaban J connectivity index is 2.09. The molecule has 1 saturated heterocycles. The van der Waals surface area contributed by atoms with Gasteiger partial charge in [-0.25, -0.2) is 4.39 Å². The third-order valence-corrected chi connectivity index (χ3v) is 4.45. The first-order valence-corrected chi connectivity index (χ1v) is 7.20. The summed E-state index contributed by atoms with van der Waals surface area (Å²) in [5.41, 5.74) is 1.00. The maximum Gasteiger partial charge on any atom is 0.137 e. The molecule has 0 saturated carbocycles. The Hall–Kier alpha value is -0.450. The van der Waals surface area contributed by atoms with Crippen LogP contribution in [0.5, 0.6) is 0 Å². The zero-order valence-electron chi connectivity index (χ0n) is 10.6. The molecule has 1 fully saturated rings. The summed E-state index contributed by atoms with van der Waals surface area (Å²) < 4.78 is 19.5. The van der Waals surface area contributed by atoms with Crippen molar-refractivity contribution in [1.82, 2.24) is 5.32 Å². The lowest BCUT2D eigenvalue weighted by molar-refractivity contribution is 0.0607. The van der Waals surface area contributed by atoms with Crippen LogP contribution in [0.15, 0.2) is 22.7 Å². The standard InChI is InChI=1S/C14H19BrFNO/c1-17-13(9-10-5-7-18-8-6-10)11-3-2-4-12(16)14(11)15/h2-4,10,13,17H,5-9H2,1H3. The molecule has 1 aromatic rings. The molecule has 1 unspecified atom stereocenters. The summed E-state index contributed by atoms with van der Waals surface area (Å²) in [6.45, 7) is 1.71. The average Bonchev–Trinajstić information content (AvgIpc) is 2.41. The average molecular weight is 316 g/mol. The zero-order chi connectivity index (χ0) is 13.0. The highest BCUT2D eigenvalue weighted by Crippen LogP contribution is 2.32. The smallest absolute Gasteiger partial charge is 0.137 e. The summed E-state index contributed by atoms with van der Waals surface area (Å²) in [7, 11) is 1.93. The molecule has 0 amide bonds. The molecule has 18 heavy (non-hydrogen) atoms. The minimum atomic E-state index is -0.195. The van der Waals surface area contributed by atoms with Crippen LogP contribution >= 0.6 is 15.9 Å². The highest BCUT2D eigenvalue weighted by molar-refractivity contribution is 9.10. The quantitative estimate of drug-likeness (QED) is 0.915. The van der Waals surface area contributed by atoms with Gasteiger partial charge in [0.1, 0.15) is 5.82 Å². The predicted octanol–water partition coefficient (Wildman–Crippen LogP) is 3.67. The summed E-state index contributed by atoms with van der Waals surface area (Å²) in [5, 5.41) is 3.30. The van der Waals surface area contributed by atoms with E-state index in [0.717, 1.165) is 38.0 Å². The fourth-order valence-electron chi connectivity index (χ4n) is 2.51. The highest BCUT2D eigenvalue weighted by Gasteiger charge is 2.21. The fraction of sp³-hybridized carbons (Fsp3) is 0.571. The van der Waals surface area contributed by atoms with Crippen molar-refractivity contribution in [3.8, 4) is 0 Å². The maximum atomic E-state index is 13.6. The fourth-order valence-corrected chi connectivity index (χ4v) is 3.05. The van der Waals surface area contributed by atoms with E-state index >= 15 is 0 Å². The van der Waals surface area contributed by atoms with Gasteiger partial charge in [0.2, 0.25) is 0 Å². The van der Waals surface area contributed by atoms with Crippen molar-refractivity contribution in [2.45, 2.75) is 25.3 Å². The van der Waals surface area contributed by atoms with Crippen LogP contribution in [0.25, 0.3) is 0 Å². The summed E-state index contributed by atoms with van der Waals surface area (Å²) in [5.74, 6) is 0.464. The van der Waals surface area contributed by atoms with Gasteiger partial charge in [-0.3, -0.25) is 0 Å². The number of hydrogen-bond acceptors (Lipinski definition) is 2. The van der Waals surface area contributed by atoms with E-state index in [1.165, 1.54) is 6.07 Å². The molecule has 2 nitrogen and oxygen atoms in total. The molecular formula is C14H19BrFNO. The Kier molecular flexibility index (Phi) is 5.15. The van der Waals surface area contributed by atoms with E-state index in [9.17, 15) is 4.39 Å². The van der Waals surface area contributed by atoms with Crippen LogP contribution in [0.3, 0.4) is 0 Å². The van der Waals surface area contributed by atoms with Crippen LogP contribution in [0.4, 0.5) is 4.39 Å². The van der Waals surface area contributed by atoms with Gasteiger partial charge < -0.3 is 10.1 Å². The molecule has 2 rings (SSSR count). The first kappa shape index (κ1) is 14.0. The molecule has 0 aromatic heterocycles. The van der Waals surface area contributed by atoms with E-state index in [1.807, 2.05) is 13.1 Å². The van der Waals surface area contributed by atoms with Gasteiger partial charge in [0.05, 0.1) is 4.47 Å². The van der Waals surface area contributed by atoms with Gasteiger partial charge in [0.25, 0.3) is 0 Å². The van der Waals surface area contributed by atoms with E-state index in [4.69, 9.17) is 4.74 Å². The van der Waals surface area contributed by atoms with Crippen LogP contribution in [-0.4, -0.2) is 20.3 Å². The molecule has 1 aromatic carbocycles. The molecule has 4 heteroatoms. The van der Waals surface area contributed by atoms with Crippen LogP contribution in [0, 0.1) is 11.7 Å². The Morgan fingerprint density at radius 1 is 1.44 bits per heavy atom. The van der Waals surface area contributed by atoms with Crippen LogP contribution in [0.2, 0.25) is 0 Å². The normalized spacial score (nSPS) is 18.8. The largest absolute Gasteiger partial charge is 0.381 e. The molecule has 1 heterocycles. The molecule has 0 bridgehead atoms. The second kappa shape index (κ2) is 6.64. The van der Waals surface area contributed by atoms with Crippen LogP contribution in [0.1, 0.15) is 30.9 Å². The lowest BCUT2D eigenvalue weighted by atomic mass is 9.89. The van der Waals surface area contributed by atoms with Crippen molar-refractivity contribution in [1.29, 1.82) is 0 Å². The number of hydrogen-bond donors (Lipinski definition) is 1. The van der Waals surface area contributed by atoms with E-state index in [2.05, 4.69) is 21.2 Å². The van der Waals surface area contributed by atoms with Crippen molar-refractivity contribution in [3.05, 3.63) is 34.1 Å². The zero-order valence-corrected chi connectivity index (χ0v) is 12.2. The van der Waals surface area contributed by atoms with E-state index in [-0.39, 0.29) is 11.9 Å². The second-order valence-corrected chi connectivity index (χ2v) is 5.57. The number of ether oxygens (including phenoxy) is 1. The molecule has 1 aliphatic rings. The lowest BCUT2D eigenvalue weighted by Gasteiger charge is -2.27. The molecule has 0 radical (unpaired) electrons.